The van der Waals surface area contributed by atoms with Gasteiger partial charge in [0.2, 0.25) is 0 Å². The van der Waals surface area contributed by atoms with Gasteiger partial charge in [-0.15, -0.1) is 34.2 Å². The number of anilines is 1. The summed E-state index contributed by atoms with van der Waals surface area (Å²) in [5.41, 5.74) is 2.53. The fourth-order valence-corrected chi connectivity index (χ4v) is 3.53. The lowest BCUT2D eigenvalue weighted by Gasteiger charge is -2.24. The lowest BCUT2D eigenvalue weighted by Crippen LogP contribution is -2.44. The van der Waals surface area contributed by atoms with Gasteiger partial charge in [0.1, 0.15) is 12.4 Å². The van der Waals surface area contributed by atoms with E-state index in [1.54, 1.807) is 0 Å². The Kier molecular flexibility index (Phi) is 10.5. The van der Waals surface area contributed by atoms with Crippen LogP contribution in [0, 0.1) is 13.8 Å². The monoisotopic (exact) mass is 541 g/mol. The molecule has 1 fully saturated rings. The van der Waals surface area contributed by atoms with Gasteiger partial charge >= 0.3 is 0 Å². The molecule has 0 aliphatic carbocycles. The number of benzene rings is 1. The number of aryl methyl sites for hydroxylation is 2. The third-order valence-electron chi connectivity index (χ3n) is 5.51. The van der Waals surface area contributed by atoms with Crippen molar-refractivity contribution in [1.82, 2.24) is 25.4 Å². The molecule has 2 N–H and O–H groups in total. The summed E-state index contributed by atoms with van der Waals surface area (Å²) < 4.78 is 7.71. The summed E-state index contributed by atoms with van der Waals surface area (Å²) in [5, 5.41) is 15.2. The summed E-state index contributed by atoms with van der Waals surface area (Å²) in [5.74, 6) is 2.52. The van der Waals surface area contributed by atoms with Gasteiger partial charge in [0, 0.05) is 45.5 Å². The van der Waals surface area contributed by atoms with E-state index in [1.807, 2.05) is 18.5 Å². The van der Waals surface area contributed by atoms with Crippen LogP contribution >= 0.6 is 24.0 Å². The van der Waals surface area contributed by atoms with Gasteiger partial charge in [0.25, 0.3) is 0 Å². The standard InChI is InChI=1S/C22H35N7O.HI/c1-5-29(19-9-6-8-17(2)14-19)12-11-23-22(24-15-20-10-7-13-30-20)25-16-21-27-26-18(3)28(21)4;/h6,8-9,14,20H,5,7,10-13,15-16H2,1-4H3,(H2,23,24,25);1H. The Labute approximate surface area is 202 Å². The first-order chi connectivity index (χ1) is 14.6. The molecule has 1 unspecified atom stereocenters. The Morgan fingerprint density at radius 2 is 2.13 bits per heavy atom. The molecule has 0 radical (unpaired) electrons. The molecule has 0 saturated carbocycles. The van der Waals surface area contributed by atoms with Gasteiger partial charge in [-0.2, -0.15) is 0 Å². The lowest BCUT2D eigenvalue weighted by molar-refractivity contribution is 0.114. The molecule has 172 valence electrons. The minimum atomic E-state index is 0. The highest BCUT2D eigenvalue weighted by Crippen LogP contribution is 2.15. The molecule has 0 bridgehead atoms. The Morgan fingerprint density at radius 1 is 1.29 bits per heavy atom. The molecular formula is C22H36IN7O. The van der Waals surface area contributed by atoms with Crippen LogP contribution in [-0.4, -0.2) is 59.6 Å². The van der Waals surface area contributed by atoms with Crippen LogP contribution in [0.15, 0.2) is 29.3 Å². The number of nitrogens with one attached hydrogen (secondary N) is 2. The van der Waals surface area contributed by atoms with Crippen molar-refractivity contribution in [2.45, 2.75) is 46.3 Å². The van der Waals surface area contributed by atoms with Gasteiger partial charge in [0.15, 0.2) is 11.8 Å². The first-order valence-electron chi connectivity index (χ1n) is 10.9. The molecule has 2 heterocycles. The van der Waals surface area contributed by atoms with Crippen LogP contribution in [0.25, 0.3) is 0 Å². The molecule has 1 aliphatic heterocycles. The molecule has 1 aliphatic rings. The van der Waals surface area contributed by atoms with Crippen molar-refractivity contribution >= 4 is 35.6 Å². The van der Waals surface area contributed by atoms with E-state index in [0.717, 1.165) is 63.2 Å². The molecule has 8 nitrogen and oxygen atoms in total. The van der Waals surface area contributed by atoms with E-state index in [1.165, 1.54) is 11.3 Å². The van der Waals surface area contributed by atoms with Crippen LogP contribution in [0.2, 0.25) is 0 Å². The number of likely N-dealkylation sites (N-methyl/N-ethyl adjacent to an activating group) is 1. The predicted molar refractivity (Wildman–Crippen MR) is 136 cm³/mol. The number of rotatable bonds is 9. The number of guanidine groups is 1. The first-order valence-corrected chi connectivity index (χ1v) is 10.9. The van der Waals surface area contributed by atoms with Crippen LogP contribution < -0.4 is 15.5 Å². The van der Waals surface area contributed by atoms with Gasteiger partial charge in [0.05, 0.1) is 6.10 Å². The molecule has 1 saturated heterocycles. The summed E-state index contributed by atoms with van der Waals surface area (Å²) in [7, 11) is 1.97. The van der Waals surface area contributed by atoms with Crippen LogP contribution in [0.4, 0.5) is 5.69 Å². The fourth-order valence-electron chi connectivity index (χ4n) is 3.53. The van der Waals surface area contributed by atoms with Gasteiger partial charge < -0.3 is 24.8 Å². The summed E-state index contributed by atoms with van der Waals surface area (Å²) >= 11 is 0. The number of nitrogens with zero attached hydrogens (tertiary/aromatic N) is 5. The van der Waals surface area contributed by atoms with Crippen molar-refractivity contribution in [1.29, 1.82) is 0 Å². The summed E-state index contributed by atoms with van der Waals surface area (Å²) in [6.45, 7) is 11.0. The van der Waals surface area contributed by atoms with E-state index < -0.39 is 0 Å². The number of ether oxygens (including phenoxy) is 1. The van der Waals surface area contributed by atoms with E-state index >= 15 is 0 Å². The van der Waals surface area contributed by atoms with Crippen molar-refractivity contribution in [3.8, 4) is 0 Å². The average molecular weight is 541 g/mol. The molecule has 0 spiro atoms. The van der Waals surface area contributed by atoms with Crippen LogP contribution in [0.3, 0.4) is 0 Å². The van der Waals surface area contributed by atoms with Gasteiger partial charge in [-0.3, -0.25) is 0 Å². The molecule has 2 aromatic rings. The summed E-state index contributed by atoms with van der Waals surface area (Å²) in [4.78, 5) is 7.10. The van der Waals surface area contributed by atoms with Gasteiger partial charge in [-0.25, -0.2) is 4.99 Å². The first kappa shape index (κ1) is 25.4. The minimum absolute atomic E-state index is 0. The number of halogens is 1. The van der Waals surface area contributed by atoms with Crippen molar-refractivity contribution in [2.24, 2.45) is 12.0 Å². The van der Waals surface area contributed by atoms with Crippen LogP contribution in [0.1, 0.15) is 37.0 Å². The zero-order valence-electron chi connectivity index (χ0n) is 19.1. The zero-order valence-corrected chi connectivity index (χ0v) is 21.4. The topological polar surface area (TPSA) is 79.6 Å². The van der Waals surface area contributed by atoms with Crippen molar-refractivity contribution in [3.63, 3.8) is 0 Å². The highest BCUT2D eigenvalue weighted by atomic mass is 127. The molecule has 1 aromatic carbocycles. The molecule has 3 rings (SSSR count). The maximum atomic E-state index is 5.74. The van der Waals surface area contributed by atoms with Crippen LogP contribution in [0.5, 0.6) is 0 Å². The van der Waals surface area contributed by atoms with Gasteiger partial charge in [-0.05, 0) is 51.3 Å². The minimum Gasteiger partial charge on any atom is -0.376 e. The quantitative estimate of drug-likeness (QED) is 0.289. The van der Waals surface area contributed by atoms with E-state index in [4.69, 9.17) is 9.73 Å². The lowest BCUT2D eigenvalue weighted by atomic mass is 10.2. The number of hydrogen-bond donors (Lipinski definition) is 2. The number of aromatic nitrogens is 3. The summed E-state index contributed by atoms with van der Waals surface area (Å²) in [6, 6.07) is 8.63. The number of hydrogen-bond acceptors (Lipinski definition) is 5. The normalized spacial score (nSPS) is 16.1. The van der Waals surface area contributed by atoms with Crippen molar-refractivity contribution in [3.05, 3.63) is 41.5 Å². The van der Waals surface area contributed by atoms with Gasteiger partial charge in [-0.1, -0.05) is 12.1 Å². The molecular weight excluding hydrogens is 505 g/mol. The Morgan fingerprint density at radius 3 is 2.77 bits per heavy atom. The Bertz CT molecular complexity index is 833. The third-order valence-corrected chi connectivity index (χ3v) is 5.51. The fraction of sp³-hybridized carbons (Fsp3) is 0.591. The highest BCUT2D eigenvalue weighted by Gasteiger charge is 2.16. The highest BCUT2D eigenvalue weighted by molar-refractivity contribution is 14.0. The molecule has 1 atom stereocenters. The second kappa shape index (κ2) is 12.8. The SMILES string of the molecule is CCN(CCNC(=NCc1nnc(C)n1C)NCC1CCCO1)c1cccc(C)c1.I. The smallest absolute Gasteiger partial charge is 0.191 e. The summed E-state index contributed by atoms with van der Waals surface area (Å²) in [6.07, 6.45) is 2.49. The van der Waals surface area contributed by atoms with E-state index in [2.05, 4.69) is 63.8 Å². The maximum Gasteiger partial charge on any atom is 0.191 e. The van der Waals surface area contributed by atoms with Crippen LogP contribution in [-0.2, 0) is 18.3 Å². The molecule has 0 amide bonds. The maximum absolute atomic E-state index is 5.74. The predicted octanol–water partition coefficient (Wildman–Crippen LogP) is 2.79. The Balaban J connectivity index is 0.00000341. The largest absolute Gasteiger partial charge is 0.376 e. The van der Waals surface area contributed by atoms with Crippen molar-refractivity contribution in [2.75, 3.05) is 37.7 Å². The van der Waals surface area contributed by atoms with E-state index in [0.29, 0.717) is 6.54 Å². The molecule has 1 aromatic heterocycles. The molecule has 31 heavy (non-hydrogen) atoms. The van der Waals surface area contributed by atoms with E-state index in [-0.39, 0.29) is 30.1 Å². The van der Waals surface area contributed by atoms with Crippen molar-refractivity contribution < 1.29 is 4.74 Å². The average Bonchev–Trinajstić information content (AvgIpc) is 3.37. The Hall–Kier alpha value is -1.88. The second-order valence-electron chi connectivity index (χ2n) is 7.75. The third kappa shape index (κ3) is 7.64. The zero-order chi connectivity index (χ0) is 21.3. The molecule has 9 heteroatoms. The number of aliphatic imine (C=N–C) groups is 1. The second-order valence-corrected chi connectivity index (χ2v) is 7.75. The van der Waals surface area contributed by atoms with E-state index in [9.17, 15) is 0 Å².